The van der Waals surface area contributed by atoms with Gasteiger partial charge in [-0.3, -0.25) is 0 Å². The zero-order valence-electron chi connectivity index (χ0n) is 8.18. The van der Waals surface area contributed by atoms with Crippen molar-refractivity contribution in [3.8, 4) is 0 Å². The van der Waals surface area contributed by atoms with Gasteiger partial charge in [0.05, 0.1) is 5.56 Å². The molecule has 0 aliphatic heterocycles. The number of para-hydroxylation sites is 1. The molecule has 0 aliphatic carbocycles. The molecule has 1 N–H and O–H groups in total. The van der Waals surface area contributed by atoms with Crippen LogP contribution in [0.3, 0.4) is 0 Å². The summed E-state index contributed by atoms with van der Waals surface area (Å²) in [7, 11) is 0. The Morgan fingerprint density at radius 2 is 2.19 bits per heavy atom. The van der Waals surface area contributed by atoms with Gasteiger partial charge in [-0.05, 0) is 12.1 Å². The van der Waals surface area contributed by atoms with E-state index in [1.165, 1.54) is 0 Å². The van der Waals surface area contributed by atoms with Crippen LogP contribution in [0.4, 0.5) is 0 Å². The van der Waals surface area contributed by atoms with Crippen LogP contribution in [0, 0.1) is 0 Å². The van der Waals surface area contributed by atoms with E-state index in [2.05, 4.69) is 21.1 Å². The van der Waals surface area contributed by atoms with E-state index in [1.807, 2.05) is 12.1 Å². The molecule has 0 radical (unpaired) electrons. The van der Waals surface area contributed by atoms with E-state index in [1.54, 1.807) is 18.2 Å². The molecule has 1 heterocycles. The predicted molar refractivity (Wildman–Crippen MR) is 64.6 cm³/mol. The first-order valence-corrected chi connectivity index (χ1v) is 5.68. The Morgan fingerprint density at radius 1 is 1.44 bits per heavy atom. The fraction of sp³-hybridized carbons (Fsp3) is 0.0909. The van der Waals surface area contributed by atoms with Crippen molar-refractivity contribution in [3.05, 3.63) is 46.3 Å². The molecule has 5 heteroatoms. The average Bonchev–Trinajstić information content (AvgIpc) is 2.31. The molecule has 0 fully saturated rings. The lowest BCUT2D eigenvalue weighted by Gasteiger charge is -2.01. The third kappa shape index (κ3) is 1.86. The Labute approximate surface area is 99.3 Å². The summed E-state index contributed by atoms with van der Waals surface area (Å²) in [6.45, 7) is 0. The van der Waals surface area contributed by atoms with Crippen LogP contribution in [0.1, 0.15) is 5.56 Å². The topological polar surface area (TPSA) is 62.8 Å². The smallest absolute Gasteiger partial charge is 0.345 e. The van der Waals surface area contributed by atoms with Crippen LogP contribution < -0.4 is 5.63 Å². The number of rotatable bonds is 2. The lowest BCUT2D eigenvalue weighted by Crippen LogP contribution is -2.15. The van der Waals surface area contributed by atoms with Gasteiger partial charge in [-0.1, -0.05) is 39.3 Å². The normalized spacial score (nSPS) is 11.9. The second-order valence-corrected chi connectivity index (χ2v) is 3.73. The van der Waals surface area contributed by atoms with Crippen molar-refractivity contribution in [1.29, 1.82) is 0 Å². The van der Waals surface area contributed by atoms with E-state index in [0.717, 1.165) is 5.39 Å². The summed E-state index contributed by atoms with van der Waals surface area (Å²) in [4.78, 5) is 11.6. The standard InChI is InChI=1S/C11H8BrNO3/c12-6-9(13-15)8-5-7-3-1-2-4-10(7)16-11(8)14/h1-5,15H,6H2/b13-9-. The molecule has 0 saturated heterocycles. The van der Waals surface area contributed by atoms with Gasteiger partial charge >= 0.3 is 5.63 Å². The summed E-state index contributed by atoms with van der Waals surface area (Å²) in [5, 5.41) is 12.9. The summed E-state index contributed by atoms with van der Waals surface area (Å²) >= 11 is 3.14. The van der Waals surface area contributed by atoms with Crippen molar-refractivity contribution >= 4 is 32.6 Å². The van der Waals surface area contributed by atoms with Crippen LogP contribution in [0.15, 0.2) is 44.7 Å². The average molecular weight is 282 g/mol. The van der Waals surface area contributed by atoms with E-state index >= 15 is 0 Å². The first-order chi connectivity index (χ1) is 7.76. The lowest BCUT2D eigenvalue weighted by atomic mass is 10.1. The highest BCUT2D eigenvalue weighted by Gasteiger charge is 2.10. The third-order valence-corrected chi connectivity index (χ3v) is 2.73. The molecular weight excluding hydrogens is 274 g/mol. The van der Waals surface area contributed by atoms with Gasteiger partial charge in [0.15, 0.2) is 0 Å². The van der Waals surface area contributed by atoms with Crippen molar-refractivity contribution < 1.29 is 9.62 Å². The van der Waals surface area contributed by atoms with E-state index in [-0.39, 0.29) is 16.6 Å². The van der Waals surface area contributed by atoms with Crippen LogP contribution >= 0.6 is 15.9 Å². The number of alkyl halides is 1. The summed E-state index contributed by atoms with van der Waals surface area (Å²) in [6.07, 6.45) is 0. The quantitative estimate of drug-likeness (QED) is 0.302. The van der Waals surface area contributed by atoms with Gasteiger partial charge in [-0.2, -0.15) is 0 Å². The molecule has 0 bridgehead atoms. The molecule has 4 nitrogen and oxygen atoms in total. The minimum atomic E-state index is -0.508. The SMILES string of the molecule is O=c1oc2ccccc2cc1/C(CBr)=N\O. The molecule has 1 aromatic heterocycles. The molecule has 0 amide bonds. The molecule has 2 rings (SSSR count). The van der Waals surface area contributed by atoms with Crippen LogP contribution in [0.25, 0.3) is 11.0 Å². The van der Waals surface area contributed by atoms with E-state index in [0.29, 0.717) is 5.58 Å². The third-order valence-electron chi connectivity index (χ3n) is 2.20. The summed E-state index contributed by atoms with van der Waals surface area (Å²) in [5.74, 6) is 0. The maximum atomic E-state index is 11.6. The Balaban J connectivity index is 2.72. The van der Waals surface area contributed by atoms with Crippen LogP contribution in [0.2, 0.25) is 0 Å². The Kier molecular flexibility index (Phi) is 3.05. The zero-order chi connectivity index (χ0) is 11.5. The van der Waals surface area contributed by atoms with Gasteiger partial charge < -0.3 is 9.62 Å². The second-order valence-electron chi connectivity index (χ2n) is 3.17. The molecule has 2 aromatic rings. The van der Waals surface area contributed by atoms with Crippen LogP contribution in [-0.4, -0.2) is 16.2 Å². The second kappa shape index (κ2) is 4.49. The van der Waals surface area contributed by atoms with Gasteiger partial charge in [-0.15, -0.1) is 0 Å². The van der Waals surface area contributed by atoms with Gasteiger partial charge in [0, 0.05) is 10.7 Å². The van der Waals surface area contributed by atoms with E-state index < -0.39 is 5.63 Å². The number of fused-ring (bicyclic) bond motifs is 1. The first kappa shape index (κ1) is 10.9. The van der Waals surface area contributed by atoms with Crippen LogP contribution in [0.5, 0.6) is 0 Å². The molecule has 1 aromatic carbocycles. The minimum absolute atomic E-state index is 0.250. The monoisotopic (exact) mass is 281 g/mol. The fourth-order valence-electron chi connectivity index (χ4n) is 1.42. The Bertz CT molecular complexity index is 603. The molecule has 0 atom stereocenters. The summed E-state index contributed by atoms with van der Waals surface area (Å²) in [5.41, 5.74) is 0.520. The highest BCUT2D eigenvalue weighted by Crippen LogP contribution is 2.13. The molecule has 0 aliphatic rings. The Hall–Kier alpha value is -1.62. The van der Waals surface area contributed by atoms with Crippen molar-refractivity contribution in [2.75, 3.05) is 5.33 Å². The van der Waals surface area contributed by atoms with Gasteiger partial charge in [0.1, 0.15) is 11.3 Å². The number of halogens is 1. The zero-order valence-corrected chi connectivity index (χ0v) is 9.77. The molecule has 82 valence electrons. The van der Waals surface area contributed by atoms with E-state index in [9.17, 15) is 4.79 Å². The fourth-order valence-corrected chi connectivity index (χ4v) is 1.83. The first-order valence-electron chi connectivity index (χ1n) is 4.56. The molecule has 0 unspecified atom stereocenters. The number of oxime groups is 1. The van der Waals surface area contributed by atoms with Crippen LogP contribution in [-0.2, 0) is 0 Å². The summed E-state index contributed by atoms with van der Waals surface area (Å²) in [6, 6.07) is 8.82. The van der Waals surface area contributed by atoms with Gasteiger partial charge in [0.2, 0.25) is 0 Å². The minimum Gasteiger partial charge on any atom is -0.422 e. The molecule has 0 spiro atoms. The predicted octanol–water partition coefficient (Wildman–Crippen LogP) is 2.37. The molecule has 0 saturated carbocycles. The molecule has 16 heavy (non-hydrogen) atoms. The lowest BCUT2D eigenvalue weighted by molar-refractivity contribution is 0.319. The van der Waals surface area contributed by atoms with Crippen molar-refractivity contribution in [2.45, 2.75) is 0 Å². The largest absolute Gasteiger partial charge is 0.422 e. The van der Waals surface area contributed by atoms with Crippen molar-refractivity contribution in [3.63, 3.8) is 0 Å². The highest BCUT2D eigenvalue weighted by molar-refractivity contribution is 9.09. The number of nitrogens with zero attached hydrogens (tertiary/aromatic N) is 1. The Morgan fingerprint density at radius 3 is 2.88 bits per heavy atom. The van der Waals surface area contributed by atoms with E-state index in [4.69, 9.17) is 9.62 Å². The van der Waals surface area contributed by atoms with Gasteiger partial charge in [-0.25, -0.2) is 4.79 Å². The summed E-state index contributed by atoms with van der Waals surface area (Å²) < 4.78 is 5.11. The highest BCUT2D eigenvalue weighted by atomic mass is 79.9. The van der Waals surface area contributed by atoms with Crippen molar-refractivity contribution in [2.24, 2.45) is 5.16 Å². The molecular formula is C11H8BrNO3. The maximum Gasteiger partial charge on any atom is 0.345 e. The number of hydrogen-bond acceptors (Lipinski definition) is 4. The number of hydrogen-bond donors (Lipinski definition) is 1. The maximum absolute atomic E-state index is 11.6. The number of benzene rings is 1. The van der Waals surface area contributed by atoms with Crippen molar-refractivity contribution in [1.82, 2.24) is 0 Å². The van der Waals surface area contributed by atoms with Gasteiger partial charge in [0.25, 0.3) is 0 Å².